The third-order valence-electron chi connectivity index (χ3n) is 5.70. The van der Waals surface area contributed by atoms with Crippen LogP contribution in [-0.2, 0) is 13.0 Å². The summed E-state index contributed by atoms with van der Waals surface area (Å²) in [6.45, 7) is 11.8. The molecular formula is C26H29FN4O3S. The van der Waals surface area contributed by atoms with Crippen LogP contribution >= 0.6 is 11.3 Å². The highest BCUT2D eigenvalue weighted by Crippen LogP contribution is 2.29. The van der Waals surface area contributed by atoms with Crippen molar-refractivity contribution < 1.29 is 14.3 Å². The number of nitrogens with zero attached hydrogens (tertiary/aromatic N) is 3. The molecule has 1 amide bonds. The molecule has 0 radical (unpaired) electrons. The monoisotopic (exact) mass is 496 g/mol. The number of amides is 1. The standard InChI is InChI=1S/C21H20FN3O3S.C5H9N/c1-3-25-12(2)10-24-11-16(18(26)19(27)17(24)21(25)28)20-23-9-15(29-20)8-13-4-6-14(22)7-5-13;1-4-5(2)6-3/h4-7,9,11-12,27H,3,8,10H2,1-2H3;4,6H,1-2H2,3H3. The molecule has 1 aliphatic rings. The van der Waals surface area contributed by atoms with Crippen molar-refractivity contribution in [2.75, 3.05) is 13.6 Å². The Labute approximate surface area is 207 Å². The van der Waals surface area contributed by atoms with Gasteiger partial charge in [-0.05, 0) is 37.6 Å². The Morgan fingerprint density at radius 2 is 2.03 bits per heavy atom. The minimum absolute atomic E-state index is 0.0294. The molecule has 1 aliphatic heterocycles. The number of carbonyl (C=O) groups excluding carboxylic acids is 1. The maximum absolute atomic E-state index is 13.1. The first-order valence-electron chi connectivity index (χ1n) is 11.2. The molecule has 35 heavy (non-hydrogen) atoms. The van der Waals surface area contributed by atoms with Gasteiger partial charge in [0, 0.05) is 55.6 Å². The van der Waals surface area contributed by atoms with Crippen molar-refractivity contribution in [1.82, 2.24) is 19.8 Å². The van der Waals surface area contributed by atoms with E-state index in [1.54, 1.807) is 40.1 Å². The molecule has 4 rings (SSSR count). The third kappa shape index (κ3) is 5.68. The highest BCUT2D eigenvalue weighted by molar-refractivity contribution is 7.15. The maximum atomic E-state index is 13.1. The van der Waals surface area contributed by atoms with Crippen LogP contribution in [0.1, 0.15) is 34.8 Å². The molecule has 1 aromatic carbocycles. The molecule has 3 heterocycles. The van der Waals surface area contributed by atoms with Crippen LogP contribution in [0.3, 0.4) is 0 Å². The Morgan fingerprint density at radius 3 is 2.60 bits per heavy atom. The summed E-state index contributed by atoms with van der Waals surface area (Å²) in [4.78, 5) is 32.3. The van der Waals surface area contributed by atoms with Crippen LogP contribution in [0.25, 0.3) is 10.6 Å². The second-order valence-corrected chi connectivity index (χ2v) is 9.19. The highest BCUT2D eigenvalue weighted by Gasteiger charge is 2.33. The Morgan fingerprint density at radius 1 is 1.34 bits per heavy atom. The molecule has 2 N–H and O–H groups in total. The van der Waals surface area contributed by atoms with Crippen LogP contribution in [-0.4, -0.2) is 45.1 Å². The van der Waals surface area contributed by atoms with Crippen molar-refractivity contribution in [2.24, 2.45) is 0 Å². The number of benzene rings is 1. The van der Waals surface area contributed by atoms with Crippen molar-refractivity contribution >= 4 is 17.2 Å². The van der Waals surface area contributed by atoms with Crippen molar-refractivity contribution in [3.05, 3.63) is 93.8 Å². The van der Waals surface area contributed by atoms with E-state index in [4.69, 9.17) is 0 Å². The van der Waals surface area contributed by atoms with Crippen LogP contribution < -0.4 is 10.7 Å². The van der Waals surface area contributed by atoms with E-state index in [9.17, 15) is 19.1 Å². The fourth-order valence-corrected chi connectivity index (χ4v) is 4.72. The van der Waals surface area contributed by atoms with Crippen molar-refractivity contribution in [1.29, 1.82) is 0 Å². The maximum Gasteiger partial charge on any atom is 0.274 e. The number of hydrogen-bond acceptors (Lipinski definition) is 6. The van der Waals surface area contributed by atoms with Crippen LogP contribution in [0.2, 0.25) is 0 Å². The minimum Gasteiger partial charge on any atom is -0.503 e. The van der Waals surface area contributed by atoms with E-state index < -0.39 is 11.2 Å². The topological polar surface area (TPSA) is 87.5 Å². The Hall–Kier alpha value is -3.72. The summed E-state index contributed by atoms with van der Waals surface area (Å²) >= 11 is 1.34. The van der Waals surface area contributed by atoms with Crippen LogP contribution in [0.5, 0.6) is 5.75 Å². The lowest BCUT2D eigenvalue weighted by Gasteiger charge is -2.35. The Kier molecular flexibility index (Phi) is 8.24. The van der Waals surface area contributed by atoms with Gasteiger partial charge >= 0.3 is 0 Å². The number of rotatable bonds is 6. The summed E-state index contributed by atoms with van der Waals surface area (Å²) in [5, 5.41) is 13.8. The fourth-order valence-electron chi connectivity index (χ4n) is 3.76. The first-order chi connectivity index (χ1) is 16.7. The van der Waals surface area contributed by atoms with Gasteiger partial charge in [-0.25, -0.2) is 9.37 Å². The first-order valence-corrected chi connectivity index (χ1v) is 12.0. The van der Waals surface area contributed by atoms with Gasteiger partial charge in [0.2, 0.25) is 5.43 Å². The smallest absolute Gasteiger partial charge is 0.274 e. The number of aromatic nitrogens is 2. The molecule has 0 saturated carbocycles. The van der Waals surface area contributed by atoms with Gasteiger partial charge in [0.15, 0.2) is 11.4 Å². The van der Waals surface area contributed by atoms with Gasteiger partial charge in [-0.15, -0.1) is 11.3 Å². The highest BCUT2D eigenvalue weighted by atomic mass is 32.1. The van der Waals surface area contributed by atoms with Gasteiger partial charge < -0.3 is 19.9 Å². The number of likely N-dealkylation sites (N-methyl/N-ethyl adjacent to an activating group) is 2. The van der Waals surface area contributed by atoms with Gasteiger partial charge in [0.1, 0.15) is 10.8 Å². The SMILES string of the molecule is C=CC(=C)NC.CCN1C(=O)c2c(O)c(=O)c(-c3ncc(Cc4ccc(F)cc4)s3)cn2CC1C. The second-order valence-electron chi connectivity index (χ2n) is 8.08. The van der Waals surface area contributed by atoms with Crippen molar-refractivity contribution in [3.8, 4) is 16.3 Å². The molecule has 0 aliphatic carbocycles. The van der Waals surface area contributed by atoms with Gasteiger partial charge in [-0.3, -0.25) is 9.59 Å². The van der Waals surface area contributed by atoms with E-state index in [1.165, 1.54) is 23.5 Å². The van der Waals surface area contributed by atoms with Crippen LogP contribution in [0.4, 0.5) is 4.39 Å². The van der Waals surface area contributed by atoms with E-state index in [0.717, 1.165) is 16.1 Å². The van der Waals surface area contributed by atoms with Crippen LogP contribution in [0.15, 0.2) is 66.4 Å². The largest absolute Gasteiger partial charge is 0.503 e. The lowest BCUT2D eigenvalue weighted by molar-refractivity contribution is 0.0619. The number of hydrogen-bond donors (Lipinski definition) is 2. The van der Waals surface area contributed by atoms with E-state index in [0.29, 0.717) is 24.5 Å². The molecule has 9 heteroatoms. The van der Waals surface area contributed by atoms with Gasteiger partial charge in [-0.1, -0.05) is 25.3 Å². The number of allylic oxidation sites excluding steroid dienone is 1. The number of thiazole rings is 1. The van der Waals surface area contributed by atoms with E-state index in [-0.39, 0.29) is 29.0 Å². The number of aromatic hydroxyl groups is 1. The molecule has 3 aromatic rings. The molecule has 1 atom stereocenters. The second kappa shape index (κ2) is 11.1. The number of carbonyl (C=O) groups is 1. The van der Waals surface area contributed by atoms with Gasteiger partial charge in [0.05, 0.1) is 5.56 Å². The predicted octanol–water partition coefficient (Wildman–Crippen LogP) is 4.18. The first kappa shape index (κ1) is 25.9. The Balaban J connectivity index is 0.000000509. The van der Waals surface area contributed by atoms with Crippen molar-refractivity contribution in [3.63, 3.8) is 0 Å². The van der Waals surface area contributed by atoms with Gasteiger partial charge in [0.25, 0.3) is 5.91 Å². The number of nitrogens with one attached hydrogen (secondary N) is 1. The summed E-state index contributed by atoms with van der Waals surface area (Å²) in [6.07, 6.45) is 5.52. The molecule has 1 unspecified atom stereocenters. The summed E-state index contributed by atoms with van der Waals surface area (Å²) in [5.41, 5.74) is 1.49. The van der Waals surface area contributed by atoms with Crippen LogP contribution in [0, 0.1) is 5.82 Å². The minimum atomic E-state index is -0.599. The fraction of sp³-hybridized carbons (Fsp3) is 0.269. The normalized spacial score (nSPS) is 14.6. The summed E-state index contributed by atoms with van der Waals surface area (Å²) < 4.78 is 14.7. The van der Waals surface area contributed by atoms with E-state index >= 15 is 0 Å². The van der Waals surface area contributed by atoms with E-state index in [2.05, 4.69) is 23.5 Å². The molecule has 0 saturated heterocycles. The number of fused-ring (bicyclic) bond motifs is 1. The molecule has 2 aromatic heterocycles. The molecule has 184 valence electrons. The zero-order valence-corrected chi connectivity index (χ0v) is 20.9. The lowest BCUT2D eigenvalue weighted by atomic mass is 10.1. The number of pyridine rings is 1. The molecule has 0 bridgehead atoms. The third-order valence-corrected chi connectivity index (χ3v) is 6.73. The molecule has 7 nitrogen and oxygen atoms in total. The number of halogens is 1. The van der Waals surface area contributed by atoms with Crippen molar-refractivity contribution in [2.45, 2.75) is 32.9 Å². The average Bonchev–Trinajstić information content (AvgIpc) is 3.30. The Bertz CT molecular complexity index is 1300. The summed E-state index contributed by atoms with van der Waals surface area (Å²) in [7, 11) is 1.81. The molecule has 0 fully saturated rings. The van der Waals surface area contributed by atoms with Gasteiger partial charge in [-0.2, -0.15) is 0 Å². The summed E-state index contributed by atoms with van der Waals surface area (Å²) in [6, 6.07) is 6.19. The summed E-state index contributed by atoms with van der Waals surface area (Å²) in [5.74, 6) is -1.17. The predicted molar refractivity (Wildman–Crippen MR) is 137 cm³/mol. The zero-order valence-electron chi connectivity index (χ0n) is 20.0. The van der Waals surface area contributed by atoms with E-state index in [1.807, 2.05) is 20.9 Å². The quantitative estimate of drug-likeness (QED) is 0.500. The lowest BCUT2D eigenvalue weighted by Crippen LogP contribution is -2.47. The zero-order chi connectivity index (χ0) is 25.7. The molecule has 0 spiro atoms. The average molecular weight is 497 g/mol. The molecular weight excluding hydrogens is 467 g/mol.